The van der Waals surface area contributed by atoms with Crippen molar-refractivity contribution in [2.45, 2.75) is 77.5 Å². The number of hydrogen-bond acceptors (Lipinski definition) is 3. The zero-order valence-corrected chi connectivity index (χ0v) is 13.1. The molecular formula is C14H30N2S. The molecule has 1 fully saturated rings. The number of hydrogen-bond donors (Lipinski definition) is 0. The van der Waals surface area contributed by atoms with E-state index in [0.717, 1.165) is 12.1 Å². The van der Waals surface area contributed by atoms with E-state index in [4.69, 9.17) is 0 Å². The summed E-state index contributed by atoms with van der Waals surface area (Å²) in [6.45, 7) is 6.94. The van der Waals surface area contributed by atoms with Crippen molar-refractivity contribution in [2.75, 3.05) is 13.3 Å². The van der Waals surface area contributed by atoms with Gasteiger partial charge in [0.1, 0.15) is 0 Å². The molecule has 1 saturated heterocycles. The first-order chi connectivity index (χ1) is 8.17. The number of unbranched alkanes of at least 4 members (excludes halogenated alkanes) is 2. The zero-order valence-electron chi connectivity index (χ0n) is 12.3. The molecule has 102 valence electrons. The quantitative estimate of drug-likeness (QED) is 0.638. The molecule has 0 aromatic rings. The molecular weight excluding hydrogens is 228 g/mol. The van der Waals surface area contributed by atoms with Crippen molar-refractivity contribution in [2.24, 2.45) is 0 Å². The molecule has 17 heavy (non-hydrogen) atoms. The molecule has 0 bridgehead atoms. The van der Waals surface area contributed by atoms with Crippen LogP contribution in [0.2, 0.25) is 0 Å². The van der Waals surface area contributed by atoms with Crippen LogP contribution in [0.15, 0.2) is 0 Å². The van der Waals surface area contributed by atoms with Crippen molar-refractivity contribution in [3.8, 4) is 0 Å². The average molecular weight is 258 g/mol. The lowest BCUT2D eigenvalue weighted by atomic mass is 9.98. The second-order valence-corrected chi connectivity index (χ2v) is 6.05. The maximum Gasteiger partial charge on any atom is 0.0696 e. The molecule has 3 atom stereocenters. The average Bonchev–Trinajstić information content (AvgIpc) is 2.56. The van der Waals surface area contributed by atoms with Gasteiger partial charge in [-0.2, -0.15) is 0 Å². The second-order valence-electron chi connectivity index (χ2n) is 5.26. The first-order valence-corrected chi connectivity index (χ1v) is 8.39. The molecule has 1 rings (SSSR count). The van der Waals surface area contributed by atoms with E-state index in [-0.39, 0.29) is 0 Å². The summed E-state index contributed by atoms with van der Waals surface area (Å²) < 4.78 is 2.62. The molecule has 1 aliphatic heterocycles. The maximum atomic E-state index is 2.62. The van der Waals surface area contributed by atoms with Gasteiger partial charge in [0.15, 0.2) is 0 Å². The molecule has 0 N–H and O–H groups in total. The normalized spacial score (nSPS) is 31.2. The van der Waals surface area contributed by atoms with Gasteiger partial charge < -0.3 is 0 Å². The van der Waals surface area contributed by atoms with Crippen molar-refractivity contribution < 1.29 is 0 Å². The highest BCUT2D eigenvalue weighted by atomic mass is 32.2. The van der Waals surface area contributed by atoms with E-state index in [1.165, 1.54) is 38.5 Å². The summed E-state index contributed by atoms with van der Waals surface area (Å²) >= 11 is 1.93. The number of rotatable bonds is 7. The highest BCUT2D eigenvalue weighted by molar-refractivity contribution is 7.96. The van der Waals surface area contributed by atoms with E-state index in [1.54, 1.807) is 0 Å². The van der Waals surface area contributed by atoms with Gasteiger partial charge in [0.25, 0.3) is 0 Å². The molecule has 0 amide bonds. The number of nitrogens with zero attached hydrogens (tertiary/aromatic N) is 2. The molecule has 0 aliphatic carbocycles. The summed E-state index contributed by atoms with van der Waals surface area (Å²) in [4.78, 5) is 2.59. The van der Waals surface area contributed by atoms with Gasteiger partial charge in [0, 0.05) is 12.1 Å². The molecule has 0 saturated carbocycles. The molecule has 0 aromatic heterocycles. The van der Waals surface area contributed by atoms with E-state index >= 15 is 0 Å². The molecule has 3 heteroatoms. The molecule has 0 aromatic carbocycles. The fourth-order valence-electron chi connectivity index (χ4n) is 3.00. The Morgan fingerprint density at radius 1 is 1.00 bits per heavy atom. The molecule has 2 nitrogen and oxygen atoms in total. The van der Waals surface area contributed by atoms with Gasteiger partial charge in [-0.25, -0.2) is 4.31 Å². The van der Waals surface area contributed by atoms with Crippen LogP contribution in [0.1, 0.15) is 59.3 Å². The third-order valence-electron chi connectivity index (χ3n) is 4.17. The van der Waals surface area contributed by atoms with Crippen molar-refractivity contribution in [1.29, 1.82) is 0 Å². The van der Waals surface area contributed by atoms with Gasteiger partial charge in [-0.05, 0) is 33.1 Å². The van der Waals surface area contributed by atoms with Crippen molar-refractivity contribution in [3.05, 3.63) is 0 Å². The van der Waals surface area contributed by atoms with Crippen LogP contribution < -0.4 is 0 Å². The Morgan fingerprint density at radius 2 is 1.53 bits per heavy atom. The van der Waals surface area contributed by atoms with Crippen LogP contribution >= 0.6 is 11.9 Å². The van der Waals surface area contributed by atoms with E-state index in [1.807, 2.05) is 11.9 Å². The maximum absolute atomic E-state index is 2.62. The van der Waals surface area contributed by atoms with Crippen LogP contribution in [0.25, 0.3) is 0 Å². The van der Waals surface area contributed by atoms with Crippen LogP contribution in [0.5, 0.6) is 0 Å². The second kappa shape index (κ2) is 7.65. The minimum absolute atomic E-state index is 0.591. The summed E-state index contributed by atoms with van der Waals surface area (Å²) in [5, 5.41) is 0. The predicted molar refractivity (Wildman–Crippen MR) is 79.2 cm³/mol. The lowest BCUT2D eigenvalue weighted by molar-refractivity contribution is 0.215. The molecule has 0 radical (unpaired) electrons. The lowest BCUT2D eigenvalue weighted by Gasteiger charge is -2.26. The van der Waals surface area contributed by atoms with Crippen LogP contribution in [0.3, 0.4) is 0 Å². The summed E-state index contributed by atoms with van der Waals surface area (Å²) in [6.07, 6.45) is 10.9. The van der Waals surface area contributed by atoms with Crippen molar-refractivity contribution >= 4 is 11.9 Å². The first kappa shape index (κ1) is 15.3. The Kier molecular flexibility index (Phi) is 6.90. The van der Waals surface area contributed by atoms with Crippen molar-refractivity contribution in [3.63, 3.8) is 0 Å². The van der Waals surface area contributed by atoms with E-state index in [9.17, 15) is 0 Å². The topological polar surface area (TPSA) is 6.48 Å². The van der Waals surface area contributed by atoms with Gasteiger partial charge in [0.05, 0.1) is 6.17 Å². The largest absolute Gasteiger partial charge is 0.286 e. The van der Waals surface area contributed by atoms with Crippen LogP contribution in [-0.2, 0) is 0 Å². The Bertz CT molecular complexity index is 210. The Labute approximate surface area is 112 Å². The monoisotopic (exact) mass is 258 g/mol. The highest BCUT2D eigenvalue weighted by Gasteiger charge is 2.41. The number of likely N-dealkylation sites (N-methyl/N-ethyl adjacent to an activating group) is 1. The van der Waals surface area contributed by atoms with E-state index in [0.29, 0.717) is 6.17 Å². The van der Waals surface area contributed by atoms with Crippen LogP contribution in [0, 0.1) is 0 Å². The van der Waals surface area contributed by atoms with Crippen molar-refractivity contribution in [1.82, 2.24) is 9.21 Å². The Morgan fingerprint density at radius 3 is 2.00 bits per heavy atom. The molecule has 0 spiro atoms. The molecule has 1 heterocycles. The molecule has 1 aliphatic rings. The SMILES string of the molecule is CCCCC1[C@H](CCCC)N(SC)C(C)N1C. The third kappa shape index (κ3) is 3.62. The van der Waals surface area contributed by atoms with Gasteiger partial charge in [-0.1, -0.05) is 51.5 Å². The van der Waals surface area contributed by atoms with Gasteiger partial charge in [-0.3, -0.25) is 4.90 Å². The minimum Gasteiger partial charge on any atom is -0.286 e. The summed E-state index contributed by atoms with van der Waals surface area (Å²) in [5.41, 5.74) is 0. The molecule has 2 unspecified atom stereocenters. The highest BCUT2D eigenvalue weighted by Crippen LogP contribution is 2.35. The fraction of sp³-hybridized carbons (Fsp3) is 1.00. The van der Waals surface area contributed by atoms with Gasteiger partial charge >= 0.3 is 0 Å². The Balaban J connectivity index is 2.67. The summed E-state index contributed by atoms with van der Waals surface area (Å²) in [5.74, 6) is 0. The van der Waals surface area contributed by atoms with Crippen LogP contribution in [0.4, 0.5) is 0 Å². The lowest BCUT2D eigenvalue weighted by Crippen LogP contribution is -2.34. The minimum atomic E-state index is 0.591. The third-order valence-corrected chi connectivity index (χ3v) is 5.17. The summed E-state index contributed by atoms with van der Waals surface area (Å²) in [7, 11) is 2.31. The van der Waals surface area contributed by atoms with Crippen LogP contribution in [-0.4, -0.2) is 40.8 Å². The predicted octanol–water partition coefficient (Wildman–Crippen LogP) is 3.98. The Hall–Kier alpha value is 0.270. The smallest absolute Gasteiger partial charge is 0.0696 e. The van der Waals surface area contributed by atoms with Gasteiger partial charge in [-0.15, -0.1) is 0 Å². The van der Waals surface area contributed by atoms with E-state index in [2.05, 4.69) is 43.3 Å². The standard InChI is InChI=1S/C14H30N2S/c1-6-8-10-13-14(11-9-7-2)16(17-5)12(3)15(13)4/h12-14H,6-11H2,1-5H3/t12?,13?,14-/m0/s1. The van der Waals surface area contributed by atoms with Gasteiger partial charge in [0.2, 0.25) is 0 Å². The van der Waals surface area contributed by atoms with E-state index < -0.39 is 0 Å². The summed E-state index contributed by atoms with van der Waals surface area (Å²) in [6, 6.07) is 1.53. The fourth-order valence-corrected chi connectivity index (χ4v) is 3.98. The first-order valence-electron chi connectivity index (χ1n) is 7.21. The zero-order chi connectivity index (χ0) is 12.8.